The number of benzene rings is 4. The van der Waals surface area contributed by atoms with Gasteiger partial charge in [0.1, 0.15) is 0 Å². The maximum absolute atomic E-state index is 7.10. The lowest BCUT2D eigenvalue weighted by Crippen LogP contribution is -2.24. The van der Waals surface area contributed by atoms with Gasteiger partial charge in [-0.2, -0.15) is 0 Å². The normalized spacial score (nSPS) is 20.8. The van der Waals surface area contributed by atoms with E-state index in [1.54, 1.807) is 0 Å². The van der Waals surface area contributed by atoms with Crippen molar-refractivity contribution < 1.29 is 0 Å². The molecule has 3 aliphatic rings. The molecule has 7 rings (SSSR count). The minimum atomic E-state index is -0.178. The fourth-order valence-electron chi connectivity index (χ4n) is 7.32. The smallest absolute Gasteiger partial charge is 0.0681 e. The number of allylic oxidation sites excluding steroid dienone is 8. The zero-order chi connectivity index (χ0) is 30.1. The fourth-order valence-corrected chi connectivity index (χ4v) is 7.63. The van der Waals surface area contributed by atoms with Gasteiger partial charge in [-0.3, -0.25) is 4.99 Å². The fraction of sp³-hybridized carbons (Fsp3) is 0.275. The van der Waals surface area contributed by atoms with Crippen molar-refractivity contribution in [3.63, 3.8) is 0 Å². The van der Waals surface area contributed by atoms with Gasteiger partial charge in [0.25, 0.3) is 0 Å². The second-order valence-electron chi connectivity index (χ2n) is 13.6. The highest BCUT2D eigenvalue weighted by atomic mass is 35.5. The van der Waals surface area contributed by atoms with Crippen molar-refractivity contribution in [2.24, 2.45) is 4.99 Å². The molecule has 4 aromatic carbocycles. The Morgan fingerprint density at radius 3 is 2.14 bits per heavy atom. The molecular weight excluding hydrogens is 544 g/mol. The van der Waals surface area contributed by atoms with Gasteiger partial charge >= 0.3 is 0 Å². The number of fused-ring (bicyclic) bond motifs is 6. The first-order chi connectivity index (χ1) is 20.5. The van der Waals surface area contributed by atoms with Gasteiger partial charge in [0.15, 0.2) is 0 Å². The van der Waals surface area contributed by atoms with E-state index in [1.165, 1.54) is 66.3 Å². The van der Waals surface area contributed by atoms with E-state index in [0.29, 0.717) is 0 Å². The molecule has 0 saturated carbocycles. The molecule has 0 amide bonds. The summed E-state index contributed by atoms with van der Waals surface area (Å²) in [7, 11) is 0. The topological polar surface area (TPSA) is 24.4 Å². The highest BCUT2D eigenvalue weighted by Crippen LogP contribution is 2.48. The van der Waals surface area contributed by atoms with Crippen molar-refractivity contribution in [3.8, 4) is 0 Å². The summed E-state index contributed by atoms with van der Waals surface area (Å²) in [6.07, 6.45) is 11.9. The monoisotopic (exact) mass is 582 g/mol. The van der Waals surface area contributed by atoms with E-state index < -0.39 is 0 Å². The van der Waals surface area contributed by atoms with Crippen LogP contribution in [0, 0.1) is 13.8 Å². The third-order valence-electron chi connectivity index (χ3n) is 9.75. The molecule has 0 bridgehead atoms. The number of hydrogen-bond donors (Lipinski definition) is 1. The Hall–Kier alpha value is -3.88. The second-order valence-corrected chi connectivity index (χ2v) is 13.9. The number of aryl methyl sites for hydroxylation is 2. The number of nitrogens with one attached hydrogen (secondary N) is 1. The van der Waals surface area contributed by atoms with Gasteiger partial charge in [-0.1, -0.05) is 111 Å². The molecule has 0 spiro atoms. The van der Waals surface area contributed by atoms with Crippen LogP contribution in [0.3, 0.4) is 0 Å². The molecule has 4 aromatic rings. The molecule has 0 saturated heterocycles. The molecular formula is C40H39ClN2. The second kappa shape index (κ2) is 10.1. The van der Waals surface area contributed by atoms with Gasteiger partial charge in [0, 0.05) is 27.2 Å². The summed E-state index contributed by atoms with van der Waals surface area (Å²) in [6, 6.07) is 22.3. The third kappa shape index (κ3) is 4.59. The molecule has 216 valence electrons. The maximum atomic E-state index is 7.10. The lowest BCUT2D eigenvalue weighted by atomic mass is 9.78. The van der Waals surface area contributed by atoms with Gasteiger partial charge < -0.3 is 5.32 Å². The van der Waals surface area contributed by atoms with E-state index in [-0.39, 0.29) is 10.8 Å². The van der Waals surface area contributed by atoms with Crippen LogP contribution in [0.15, 0.2) is 112 Å². The molecule has 0 aromatic heterocycles. The van der Waals surface area contributed by atoms with Crippen molar-refractivity contribution in [2.45, 2.75) is 71.6 Å². The maximum Gasteiger partial charge on any atom is 0.0681 e. The third-order valence-corrected chi connectivity index (χ3v) is 10.2. The first-order valence-electron chi connectivity index (χ1n) is 15.5. The SMILES string of the molecule is Cc1ccc2c3c(ccc2c1)N=C(C=CC1=C(Cl)C(=CC=C2Nc4ccc5cc(C)ccc5c4C2(C)C)CCC1)C3(C)C. The van der Waals surface area contributed by atoms with Gasteiger partial charge in [-0.05, 0) is 101 Å². The van der Waals surface area contributed by atoms with Crippen molar-refractivity contribution in [3.05, 3.63) is 129 Å². The van der Waals surface area contributed by atoms with E-state index in [9.17, 15) is 0 Å². The molecule has 2 heterocycles. The predicted molar refractivity (Wildman–Crippen MR) is 186 cm³/mol. The van der Waals surface area contributed by atoms with Gasteiger partial charge in [-0.15, -0.1) is 0 Å². The van der Waals surface area contributed by atoms with E-state index in [2.05, 4.69) is 132 Å². The molecule has 0 radical (unpaired) electrons. The highest BCUT2D eigenvalue weighted by Gasteiger charge is 2.37. The van der Waals surface area contributed by atoms with E-state index in [1.807, 2.05) is 0 Å². The first-order valence-corrected chi connectivity index (χ1v) is 15.8. The van der Waals surface area contributed by atoms with Crippen LogP contribution >= 0.6 is 11.6 Å². The van der Waals surface area contributed by atoms with Crippen molar-refractivity contribution >= 4 is 50.2 Å². The Morgan fingerprint density at radius 2 is 1.42 bits per heavy atom. The van der Waals surface area contributed by atoms with Crippen LogP contribution in [-0.4, -0.2) is 5.71 Å². The highest BCUT2D eigenvalue weighted by molar-refractivity contribution is 6.32. The number of rotatable bonds is 3. The minimum Gasteiger partial charge on any atom is -0.358 e. The molecule has 0 fully saturated rings. The largest absolute Gasteiger partial charge is 0.358 e. The summed E-state index contributed by atoms with van der Waals surface area (Å²) in [5.41, 5.74) is 11.9. The van der Waals surface area contributed by atoms with Crippen LogP contribution in [0.5, 0.6) is 0 Å². The van der Waals surface area contributed by atoms with Crippen molar-refractivity contribution in [1.29, 1.82) is 0 Å². The van der Waals surface area contributed by atoms with Crippen molar-refractivity contribution in [2.75, 3.05) is 5.32 Å². The van der Waals surface area contributed by atoms with Crippen molar-refractivity contribution in [1.82, 2.24) is 0 Å². The molecule has 43 heavy (non-hydrogen) atoms. The number of halogens is 1. The van der Waals surface area contributed by atoms with E-state index >= 15 is 0 Å². The summed E-state index contributed by atoms with van der Waals surface area (Å²) in [4.78, 5) is 5.09. The summed E-state index contributed by atoms with van der Waals surface area (Å²) in [6.45, 7) is 13.5. The molecule has 3 heteroatoms. The van der Waals surface area contributed by atoms with Crippen LogP contribution in [0.1, 0.15) is 69.2 Å². The molecule has 2 aliphatic heterocycles. The Bertz CT molecular complexity index is 1990. The number of hydrogen-bond acceptors (Lipinski definition) is 2. The average Bonchev–Trinajstić information content (AvgIpc) is 3.39. The van der Waals surface area contributed by atoms with Gasteiger partial charge in [0.05, 0.1) is 11.4 Å². The lowest BCUT2D eigenvalue weighted by molar-refractivity contribution is 0.659. The molecule has 2 nitrogen and oxygen atoms in total. The quantitative estimate of drug-likeness (QED) is 0.255. The predicted octanol–water partition coefficient (Wildman–Crippen LogP) is 11.4. The van der Waals surface area contributed by atoms with Gasteiger partial charge in [-0.25, -0.2) is 0 Å². The van der Waals surface area contributed by atoms with E-state index in [4.69, 9.17) is 16.6 Å². The van der Waals surface area contributed by atoms with Crippen LogP contribution < -0.4 is 5.32 Å². The number of aliphatic imine (C=N–C) groups is 1. The lowest BCUT2D eigenvalue weighted by Gasteiger charge is -2.23. The minimum absolute atomic E-state index is 0.126. The Kier molecular flexibility index (Phi) is 6.56. The first kappa shape index (κ1) is 27.9. The standard InChI is InChI=1S/C40H39ClN2/c1-24-10-16-30-28(22-24)12-18-32-36(30)39(3,4)34(42-32)20-14-26-8-7-9-27(38(26)41)15-21-35-40(5,6)37-31-17-11-25(2)23-29(31)13-19-33(37)43-35/h10-23,42H,7-9H2,1-6H3. The zero-order valence-electron chi connectivity index (χ0n) is 26.0. The molecule has 0 atom stereocenters. The van der Waals surface area contributed by atoms with Crippen LogP contribution in [0.25, 0.3) is 21.5 Å². The molecule has 0 unspecified atom stereocenters. The van der Waals surface area contributed by atoms with Crippen LogP contribution in [-0.2, 0) is 10.8 Å². The molecule has 1 N–H and O–H groups in total. The summed E-state index contributed by atoms with van der Waals surface area (Å²) < 4.78 is 0. The molecule has 1 aliphatic carbocycles. The Balaban J connectivity index is 1.18. The summed E-state index contributed by atoms with van der Waals surface area (Å²) >= 11 is 7.10. The summed E-state index contributed by atoms with van der Waals surface area (Å²) in [5, 5.41) is 9.79. The number of nitrogens with zero attached hydrogens (tertiary/aromatic N) is 1. The Labute approximate surface area is 260 Å². The van der Waals surface area contributed by atoms with E-state index in [0.717, 1.165) is 35.7 Å². The van der Waals surface area contributed by atoms with Gasteiger partial charge in [0.2, 0.25) is 0 Å². The zero-order valence-corrected chi connectivity index (χ0v) is 26.8. The average molecular weight is 583 g/mol. The Morgan fingerprint density at radius 1 is 0.744 bits per heavy atom. The summed E-state index contributed by atoms with van der Waals surface area (Å²) in [5.74, 6) is 0. The van der Waals surface area contributed by atoms with Crippen LogP contribution in [0.4, 0.5) is 11.4 Å². The number of anilines is 1. The van der Waals surface area contributed by atoms with Crippen LogP contribution in [0.2, 0.25) is 0 Å².